The highest BCUT2D eigenvalue weighted by Crippen LogP contribution is 2.53. The fraction of sp³-hybridized carbons (Fsp3) is 1.00. The fourth-order valence-electron chi connectivity index (χ4n) is 1.17. The van der Waals surface area contributed by atoms with Crippen molar-refractivity contribution in [3.8, 4) is 0 Å². The molecule has 0 aliphatic rings. The van der Waals surface area contributed by atoms with Gasteiger partial charge in [0.15, 0.2) is 0 Å². The number of alkyl halides is 11. The van der Waals surface area contributed by atoms with E-state index < -0.39 is 62.9 Å². The van der Waals surface area contributed by atoms with Crippen molar-refractivity contribution in [1.82, 2.24) is 0 Å². The molecule has 0 bridgehead atoms. The summed E-state index contributed by atoms with van der Waals surface area (Å²) in [5.41, 5.74) is 0. The van der Waals surface area contributed by atoms with E-state index in [-0.39, 0.29) is 0 Å². The Morgan fingerprint density at radius 3 is 1.54 bits per heavy atom. The standard InChI is InChI=1S/C10H11F11O3/c11-6(12,2-1-3-22)23-4-5-24-10(20,21)8(15,16)7(13,14)9(17,18)19/h22H,1-5H2. The highest BCUT2D eigenvalue weighted by Gasteiger charge is 2.82. The quantitative estimate of drug-likeness (QED) is 0.457. The Labute approximate surface area is 127 Å². The first-order chi connectivity index (χ1) is 10.5. The fourth-order valence-corrected chi connectivity index (χ4v) is 1.17. The third-order valence-corrected chi connectivity index (χ3v) is 2.42. The van der Waals surface area contributed by atoms with Crippen LogP contribution in [0.25, 0.3) is 0 Å². The van der Waals surface area contributed by atoms with E-state index in [1.807, 2.05) is 0 Å². The van der Waals surface area contributed by atoms with Crippen LogP contribution in [-0.2, 0) is 9.47 Å². The van der Waals surface area contributed by atoms with Gasteiger partial charge < -0.3 is 14.6 Å². The molecule has 0 amide bonds. The number of hydrogen-bond donors (Lipinski definition) is 1. The second-order valence-corrected chi connectivity index (χ2v) is 4.32. The summed E-state index contributed by atoms with van der Waals surface area (Å²) < 4.78 is 143. The van der Waals surface area contributed by atoms with Gasteiger partial charge in [0.25, 0.3) is 0 Å². The largest absolute Gasteiger partial charge is 0.460 e. The highest BCUT2D eigenvalue weighted by atomic mass is 19.4. The smallest absolute Gasteiger partial charge is 0.396 e. The van der Waals surface area contributed by atoms with Crippen molar-refractivity contribution in [3.63, 3.8) is 0 Å². The lowest BCUT2D eigenvalue weighted by atomic mass is 10.1. The van der Waals surface area contributed by atoms with Gasteiger partial charge in [-0.1, -0.05) is 0 Å². The summed E-state index contributed by atoms with van der Waals surface area (Å²) in [4.78, 5) is 0. The molecule has 0 aromatic carbocycles. The first-order valence-corrected chi connectivity index (χ1v) is 5.98. The van der Waals surface area contributed by atoms with Crippen molar-refractivity contribution in [2.75, 3.05) is 19.8 Å². The maximum Gasteiger partial charge on any atom is 0.460 e. The van der Waals surface area contributed by atoms with Gasteiger partial charge in [-0.25, -0.2) is 0 Å². The normalized spacial score (nSPS) is 15.0. The molecule has 0 saturated carbocycles. The van der Waals surface area contributed by atoms with Crippen molar-refractivity contribution in [1.29, 1.82) is 0 Å². The minimum atomic E-state index is -7.13. The Kier molecular flexibility index (Phi) is 7.28. The molecule has 0 heterocycles. The van der Waals surface area contributed by atoms with Gasteiger partial charge in [-0.2, -0.15) is 48.3 Å². The lowest BCUT2D eigenvalue weighted by Crippen LogP contribution is -2.61. The lowest BCUT2D eigenvalue weighted by molar-refractivity contribution is -0.445. The first kappa shape index (κ1) is 23.1. The molecular weight excluding hydrogens is 377 g/mol. The Balaban J connectivity index is 4.75. The van der Waals surface area contributed by atoms with Gasteiger partial charge in [0.1, 0.15) is 0 Å². The molecule has 0 rings (SSSR count). The lowest BCUT2D eigenvalue weighted by Gasteiger charge is -2.33. The van der Waals surface area contributed by atoms with Crippen LogP contribution in [0.1, 0.15) is 12.8 Å². The average Bonchev–Trinajstić information content (AvgIpc) is 2.40. The SMILES string of the molecule is OCCCC(F)(F)OCCOC(F)(F)C(F)(F)C(F)(F)C(F)(F)F. The predicted octanol–water partition coefficient (Wildman–Crippen LogP) is 3.81. The summed E-state index contributed by atoms with van der Waals surface area (Å²) in [6.45, 7) is -4.01. The summed E-state index contributed by atoms with van der Waals surface area (Å²) in [5.74, 6) is -14.1. The van der Waals surface area contributed by atoms with Gasteiger partial charge in [0.2, 0.25) is 0 Å². The molecule has 0 saturated heterocycles. The minimum Gasteiger partial charge on any atom is -0.396 e. The number of rotatable bonds is 10. The van der Waals surface area contributed by atoms with Gasteiger partial charge in [0, 0.05) is 13.0 Å². The monoisotopic (exact) mass is 388 g/mol. The van der Waals surface area contributed by atoms with Crippen molar-refractivity contribution >= 4 is 0 Å². The molecule has 0 fully saturated rings. The molecule has 24 heavy (non-hydrogen) atoms. The van der Waals surface area contributed by atoms with E-state index in [1.165, 1.54) is 0 Å². The van der Waals surface area contributed by atoms with Crippen LogP contribution < -0.4 is 0 Å². The molecule has 0 aliphatic heterocycles. The van der Waals surface area contributed by atoms with Crippen LogP contribution in [0.15, 0.2) is 0 Å². The minimum absolute atomic E-state index is 0.472. The van der Waals surface area contributed by atoms with Crippen LogP contribution in [0.3, 0.4) is 0 Å². The molecule has 0 atom stereocenters. The van der Waals surface area contributed by atoms with Crippen LogP contribution in [0, 0.1) is 0 Å². The number of aliphatic hydroxyl groups excluding tert-OH is 1. The van der Waals surface area contributed by atoms with Gasteiger partial charge in [-0.15, -0.1) is 0 Å². The van der Waals surface area contributed by atoms with Crippen molar-refractivity contribution in [2.24, 2.45) is 0 Å². The van der Waals surface area contributed by atoms with E-state index in [9.17, 15) is 48.3 Å². The van der Waals surface area contributed by atoms with E-state index in [2.05, 4.69) is 9.47 Å². The number of halogens is 11. The summed E-state index contributed by atoms with van der Waals surface area (Å²) in [5, 5.41) is 8.28. The van der Waals surface area contributed by atoms with Gasteiger partial charge in [-0.3, -0.25) is 0 Å². The van der Waals surface area contributed by atoms with Gasteiger partial charge in [-0.05, 0) is 6.42 Å². The van der Waals surface area contributed by atoms with Crippen molar-refractivity contribution < 1.29 is 62.9 Å². The van der Waals surface area contributed by atoms with Crippen molar-refractivity contribution in [2.45, 2.75) is 43.1 Å². The molecule has 0 spiro atoms. The van der Waals surface area contributed by atoms with Crippen LogP contribution >= 0.6 is 0 Å². The van der Waals surface area contributed by atoms with E-state index in [4.69, 9.17) is 5.11 Å². The zero-order chi connectivity index (χ0) is 19.4. The first-order valence-electron chi connectivity index (χ1n) is 5.98. The predicted molar refractivity (Wildman–Crippen MR) is 54.1 cm³/mol. The van der Waals surface area contributed by atoms with Gasteiger partial charge >= 0.3 is 30.2 Å². The van der Waals surface area contributed by atoms with Crippen LogP contribution in [0.2, 0.25) is 0 Å². The van der Waals surface area contributed by atoms with Crippen LogP contribution in [0.5, 0.6) is 0 Å². The zero-order valence-electron chi connectivity index (χ0n) is 11.5. The molecular formula is C10H11F11O3. The third-order valence-electron chi connectivity index (χ3n) is 2.42. The maximum absolute atomic E-state index is 12.8. The summed E-state index contributed by atoms with van der Waals surface area (Å²) in [6.07, 6.45) is -18.8. The molecule has 0 aliphatic carbocycles. The maximum atomic E-state index is 12.8. The summed E-state index contributed by atoms with van der Waals surface area (Å²) in [7, 11) is 0. The molecule has 0 radical (unpaired) electrons. The topological polar surface area (TPSA) is 38.7 Å². The van der Waals surface area contributed by atoms with Gasteiger partial charge in [0.05, 0.1) is 13.2 Å². The molecule has 0 aromatic heterocycles. The number of ether oxygens (including phenoxy) is 2. The number of hydrogen-bond acceptors (Lipinski definition) is 3. The molecule has 14 heteroatoms. The van der Waals surface area contributed by atoms with E-state index in [1.54, 1.807) is 0 Å². The van der Waals surface area contributed by atoms with E-state index in [0.29, 0.717) is 0 Å². The van der Waals surface area contributed by atoms with E-state index >= 15 is 0 Å². The molecule has 146 valence electrons. The third kappa shape index (κ3) is 5.31. The Hall–Kier alpha value is -0.890. The van der Waals surface area contributed by atoms with Crippen LogP contribution in [0.4, 0.5) is 48.3 Å². The average molecular weight is 388 g/mol. The number of aliphatic hydroxyl groups is 1. The highest BCUT2D eigenvalue weighted by molar-refractivity contribution is 4.96. The summed E-state index contributed by atoms with van der Waals surface area (Å²) >= 11 is 0. The Morgan fingerprint density at radius 2 is 1.12 bits per heavy atom. The van der Waals surface area contributed by atoms with E-state index in [0.717, 1.165) is 0 Å². The molecule has 0 aromatic rings. The summed E-state index contributed by atoms with van der Waals surface area (Å²) in [6, 6.07) is 0. The van der Waals surface area contributed by atoms with Crippen molar-refractivity contribution in [3.05, 3.63) is 0 Å². The zero-order valence-corrected chi connectivity index (χ0v) is 11.5. The Morgan fingerprint density at radius 1 is 0.667 bits per heavy atom. The molecule has 3 nitrogen and oxygen atoms in total. The second-order valence-electron chi connectivity index (χ2n) is 4.32. The second kappa shape index (κ2) is 7.56. The molecule has 0 unspecified atom stereocenters. The molecule has 1 N–H and O–H groups in total. The Bertz CT molecular complexity index is 394. The van der Waals surface area contributed by atoms with Crippen LogP contribution in [-0.4, -0.2) is 55.2 Å².